The van der Waals surface area contributed by atoms with Gasteiger partial charge < -0.3 is 15.4 Å². The fourth-order valence-electron chi connectivity index (χ4n) is 2.91. The van der Waals surface area contributed by atoms with Crippen LogP contribution in [0.3, 0.4) is 0 Å². The van der Waals surface area contributed by atoms with Crippen molar-refractivity contribution in [3.8, 4) is 0 Å². The Bertz CT molecular complexity index is 761. The van der Waals surface area contributed by atoms with Crippen molar-refractivity contribution >= 4 is 41.5 Å². The lowest BCUT2D eigenvalue weighted by Crippen LogP contribution is -2.44. The van der Waals surface area contributed by atoms with Crippen LogP contribution in [0.25, 0.3) is 0 Å². The van der Waals surface area contributed by atoms with E-state index in [9.17, 15) is 0 Å². The molecule has 0 aliphatic heterocycles. The molecule has 2 aromatic rings. The van der Waals surface area contributed by atoms with Gasteiger partial charge in [0.25, 0.3) is 0 Å². The molecular formula is C20H31ClIN5O. The zero-order valence-corrected chi connectivity index (χ0v) is 20.3. The first-order valence-electron chi connectivity index (χ1n) is 9.19. The van der Waals surface area contributed by atoms with Gasteiger partial charge in [0.1, 0.15) is 0 Å². The maximum atomic E-state index is 5.88. The molecule has 0 bridgehead atoms. The molecule has 2 rings (SSSR count). The maximum Gasteiger partial charge on any atom is 0.191 e. The molecule has 0 fully saturated rings. The molecule has 0 saturated carbocycles. The van der Waals surface area contributed by atoms with Crippen molar-refractivity contribution in [1.82, 2.24) is 20.4 Å². The van der Waals surface area contributed by atoms with E-state index >= 15 is 0 Å². The Morgan fingerprint density at radius 1 is 1.29 bits per heavy atom. The summed E-state index contributed by atoms with van der Waals surface area (Å²) in [6.45, 7) is 8.16. The average Bonchev–Trinajstić information content (AvgIpc) is 2.88. The van der Waals surface area contributed by atoms with Crippen molar-refractivity contribution in [2.75, 3.05) is 20.2 Å². The lowest BCUT2D eigenvalue weighted by molar-refractivity contribution is 0.125. The monoisotopic (exact) mass is 519 g/mol. The molecule has 8 heteroatoms. The quantitative estimate of drug-likeness (QED) is 0.242. The number of guanidine groups is 1. The standard InChI is InChI=1S/C20H30ClN5O.HI/c1-14(12-19-15(2)25-26(5)16(19)3)24-20(22-4)23-10-11-27-13-17-6-8-18(21)9-7-17;/h6-9,14H,10-13H2,1-5H3,(H2,22,23,24);1H. The smallest absolute Gasteiger partial charge is 0.191 e. The van der Waals surface area contributed by atoms with Crippen LogP contribution in [0.1, 0.15) is 29.4 Å². The van der Waals surface area contributed by atoms with Crippen LogP contribution in [-0.4, -0.2) is 42.0 Å². The summed E-state index contributed by atoms with van der Waals surface area (Å²) in [5.74, 6) is 0.775. The van der Waals surface area contributed by atoms with Crippen LogP contribution < -0.4 is 10.6 Å². The van der Waals surface area contributed by atoms with E-state index < -0.39 is 0 Å². The van der Waals surface area contributed by atoms with Gasteiger partial charge in [-0.25, -0.2) is 0 Å². The summed E-state index contributed by atoms with van der Waals surface area (Å²) >= 11 is 5.88. The van der Waals surface area contributed by atoms with Gasteiger partial charge in [0, 0.05) is 37.4 Å². The molecule has 28 heavy (non-hydrogen) atoms. The van der Waals surface area contributed by atoms with E-state index in [1.807, 2.05) is 36.0 Å². The molecule has 6 nitrogen and oxygen atoms in total. The first-order chi connectivity index (χ1) is 12.9. The van der Waals surface area contributed by atoms with Crippen molar-refractivity contribution < 1.29 is 4.74 Å². The highest BCUT2D eigenvalue weighted by atomic mass is 127. The lowest BCUT2D eigenvalue weighted by Gasteiger charge is -2.18. The van der Waals surface area contributed by atoms with Gasteiger partial charge >= 0.3 is 0 Å². The molecule has 1 heterocycles. The molecule has 0 radical (unpaired) electrons. The third kappa shape index (κ3) is 7.60. The topological polar surface area (TPSA) is 63.5 Å². The Hall–Kier alpha value is -1.32. The predicted octanol–water partition coefficient (Wildman–Crippen LogP) is 3.62. The van der Waals surface area contributed by atoms with Gasteiger partial charge in [0.05, 0.1) is 18.9 Å². The van der Waals surface area contributed by atoms with E-state index in [0.717, 1.165) is 28.7 Å². The Balaban J connectivity index is 0.00000392. The number of benzene rings is 1. The van der Waals surface area contributed by atoms with Crippen LogP contribution in [-0.2, 0) is 24.8 Å². The van der Waals surface area contributed by atoms with Crippen LogP contribution in [0, 0.1) is 13.8 Å². The van der Waals surface area contributed by atoms with Crippen LogP contribution in [0.4, 0.5) is 0 Å². The fourth-order valence-corrected chi connectivity index (χ4v) is 3.04. The first kappa shape index (κ1) is 24.7. The molecule has 0 saturated heterocycles. The van der Waals surface area contributed by atoms with E-state index in [4.69, 9.17) is 16.3 Å². The zero-order chi connectivity index (χ0) is 19.8. The maximum absolute atomic E-state index is 5.88. The number of hydrogen-bond acceptors (Lipinski definition) is 3. The number of hydrogen-bond donors (Lipinski definition) is 2. The molecule has 0 spiro atoms. The van der Waals surface area contributed by atoms with E-state index in [1.165, 1.54) is 11.3 Å². The first-order valence-corrected chi connectivity index (χ1v) is 9.57. The summed E-state index contributed by atoms with van der Waals surface area (Å²) in [7, 11) is 3.76. The summed E-state index contributed by atoms with van der Waals surface area (Å²) in [5.41, 5.74) is 4.69. The van der Waals surface area contributed by atoms with Crippen LogP contribution in [0.2, 0.25) is 5.02 Å². The molecule has 1 aromatic heterocycles. The Morgan fingerprint density at radius 3 is 2.54 bits per heavy atom. The molecule has 1 unspecified atom stereocenters. The molecule has 0 aliphatic carbocycles. The van der Waals surface area contributed by atoms with Crippen molar-refractivity contribution in [3.05, 3.63) is 51.8 Å². The van der Waals surface area contributed by atoms with Gasteiger partial charge in [0.15, 0.2) is 5.96 Å². The predicted molar refractivity (Wildman–Crippen MR) is 127 cm³/mol. The van der Waals surface area contributed by atoms with E-state index in [2.05, 4.69) is 41.5 Å². The zero-order valence-electron chi connectivity index (χ0n) is 17.3. The molecule has 0 aliphatic rings. The Morgan fingerprint density at radius 2 is 1.96 bits per heavy atom. The largest absolute Gasteiger partial charge is 0.375 e. The normalized spacial score (nSPS) is 12.4. The second-order valence-electron chi connectivity index (χ2n) is 6.70. The van der Waals surface area contributed by atoms with Crippen LogP contribution in [0.15, 0.2) is 29.3 Å². The second-order valence-corrected chi connectivity index (χ2v) is 7.14. The Kier molecular flexibility index (Phi) is 10.8. The summed E-state index contributed by atoms with van der Waals surface area (Å²) < 4.78 is 7.62. The molecular weight excluding hydrogens is 489 g/mol. The molecule has 1 atom stereocenters. The van der Waals surface area contributed by atoms with Gasteiger partial charge in [-0.1, -0.05) is 23.7 Å². The van der Waals surface area contributed by atoms with E-state index in [-0.39, 0.29) is 30.0 Å². The van der Waals surface area contributed by atoms with E-state index in [1.54, 1.807) is 7.05 Å². The fraction of sp³-hybridized carbons (Fsp3) is 0.500. The van der Waals surface area contributed by atoms with Gasteiger partial charge in [-0.15, -0.1) is 24.0 Å². The van der Waals surface area contributed by atoms with Gasteiger partial charge in [-0.3, -0.25) is 9.67 Å². The number of ether oxygens (including phenoxy) is 1. The van der Waals surface area contributed by atoms with Crippen molar-refractivity contribution in [2.24, 2.45) is 12.0 Å². The third-order valence-electron chi connectivity index (χ3n) is 4.50. The summed E-state index contributed by atoms with van der Waals surface area (Å²) in [6, 6.07) is 7.93. The molecule has 156 valence electrons. The van der Waals surface area contributed by atoms with Gasteiger partial charge in [-0.2, -0.15) is 5.10 Å². The minimum Gasteiger partial charge on any atom is -0.375 e. The average molecular weight is 520 g/mol. The van der Waals surface area contributed by atoms with Crippen LogP contribution >= 0.6 is 35.6 Å². The summed E-state index contributed by atoms with van der Waals surface area (Å²) in [4.78, 5) is 4.29. The number of nitrogens with one attached hydrogen (secondary N) is 2. The highest BCUT2D eigenvalue weighted by molar-refractivity contribution is 14.0. The summed E-state index contributed by atoms with van der Waals surface area (Å²) in [6.07, 6.45) is 0.902. The minimum absolute atomic E-state index is 0. The van der Waals surface area contributed by atoms with Crippen molar-refractivity contribution in [2.45, 2.75) is 39.8 Å². The summed E-state index contributed by atoms with van der Waals surface area (Å²) in [5, 5.41) is 11.9. The number of aromatic nitrogens is 2. The second kappa shape index (κ2) is 12.3. The molecule has 2 N–H and O–H groups in total. The number of halogens is 2. The number of aliphatic imine (C=N–C) groups is 1. The lowest BCUT2D eigenvalue weighted by atomic mass is 10.1. The number of aryl methyl sites for hydroxylation is 2. The highest BCUT2D eigenvalue weighted by Crippen LogP contribution is 2.14. The van der Waals surface area contributed by atoms with Crippen LogP contribution in [0.5, 0.6) is 0 Å². The number of rotatable bonds is 8. The Labute approximate surface area is 190 Å². The van der Waals surface area contributed by atoms with Crippen molar-refractivity contribution in [3.63, 3.8) is 0 Å². The van der Waals surface area contributed by atoms with Gasteiger partial charge in [0.2, 0.25) is 0 Å². The van der Waals surface area contributed by atoms with Crippen molar-refractivity contribution in [1.29, 1.82) is 0 Å². The molecule has 1 aromatic carbocycles. The highest BCUT2D eigenvalue weighted by Gasteiger charge is 2.13. The SMILES string of the molecule is CN=C(NCCOCc1ccc(Cl)cc1)NC(C)Cc1c(C)nn(C)c1C.I. The van der Waals surface area contributed by atoms with E-state index in [0.29, 0.717) is 19.8 Å². The number of nitrogens with zero attached hydrogens (tertiary/aromatic N) is 3. The minimum atomic E-state index is 0. The third-order valence-corrected chi connectivity index (χ3v) is 4.75. The molecule has 0 amide bonds. The van der Waals surface area contributed by atoms with Gasteiger partial charge in [-0.05, 0) is 50.5 Å².